The van der Waals surface area contributed by atoms with Gasteiger partial charge in [-0.2, -0.15) is 0 Å². The smallest absolute Gasteiger partial charge is 0.326 e. The first-order valence-corrected chi connectivity index (χ1v) is 5.95. The molecule has 1 aromatic carbocycles. The second kappa shape index (κ2) is 6.47. The summed E-state index contributed by atoms with van der Waals surface area (Å²) in [5.74, 6) is -1.09. The monoisotopic (exact) mass is 290 g/mol. The van der Waals surface area contributed by atoms with Gasteiger partial charge in [-0.3, -0.25) is 0 Å². The summed E-state index contributed by atoms with van der Waals surface area (Å²) in [4.78, 5) is 22.3. The standard InChI is InChI=1S/C11H12Cl2N2O3/c1-2-7(10(16)17)14-11(18)15-8-5-3-4-6(12)9(8)13/h3-5,7H,2H2,1H3,(H,16,17)(H2,14,15,18)/t7-/m0/s1. The average molecular weight is 291 g/mol. The topological polar surface area (TPSA) is 78.4 Å². The molecule has 0 saturated heterocycles. The first kappa shape index (κ1) is 14.6. The number of hydrogen-bond donors (Lipinski definition) is 3. The summed E-state index contributed by atoms with van der Waals surface area (Å²) in [6, 6.07) is 3.18. The van der Waals surface area contributed by atoms with Gasteiger partial charge in [0.25, 0.3) is 0 Å². The Balaban J connectivity index is 2.70. The molecule has 0 heterocycles. The van der Waals surface area contributed by atoms with Crippen molar-refractivity contribution >= 4 is 40.9 Å². The number of benzene rings is 1. The molecule has 18 heavy (non-hydrogen) atoms. The molecule has 0 fully saturated rings. The SMILES string of the molecule is CC[C@H](NC(=O)Nc1cccc(Cl)c1Cl)C(=O)O. The maximum absolute atomic E-state index is 11.6. The fourth-order valence-electron chi connectivity index (χ4n) is 1.26. The van der Waals surface area contributed by atoms with Crippen molar-refractivity contribution in [2.45, 2.75) is 19.4 Å². The highest BCUT2D eigenvalue weighted by molar-refractivity contribution is 6.43. The molecular weight excluding hydrogens is 279 g/mol. The molecule has 0 aromatic heterocycles. The number of anilines is 1. The number of hydrogen-bond acceptors (Lipinski definition) is 2. The second-order valence-electron chi connectivity index (χ2n) is 3.50. The van der Waals surface area contributed by atoms with Gasteiger partial charge >= 0.3 is 12.0 Å². The number of carbonyl (C=O) groups is 2. The molecule has 0 radical (unpaired) electrons. The Hall–Kier alpha value is -1.46. The summed E-state index contributed by atoms with van der Waals surface area (Å²) in [5, 5.41) is 14.1. The minimum absolute atomic E-state index is 0.206. The lowest BCUT2D eigenvalue weighted by Gasteiger charge is -2.14. The van der Waals surface area contributed by atoms with E-state index in [1.807, 2.05) is 0 Å². The zero-order valence-corrected chi connectivity index (χ0v) is 11.0. The van der Waals surface area contributed by atoms with Gasteiger partial charge in [-0.15, -0.1) is 0 Å². The van der Waals surface area contributed by atoms with Crippen LogP contribution in [0.25, 0.3) is 0 Å². The van der Waals surface area contributed by atoms with E-state index in [1.165, 1.54) is 0 Å². The van der Waals surface area contributed by atoms with Gasteiger partial charge in [0.2, 0.25) is 0 Å². The zero-order valence-electron chi connectivity index (χ0n) is 9.54. The molecule has 1 atom stereocenters. The van der Waals surface area contributed by atoms with Crippen LogP contribution in [0.1, 0.15) is 13.3 Å². The number of nitrogens with one attached hydrogen (secondary N) is 2. The van der Waals surface area contributed by atoms with Crippen LogP contribution in [0.3, 0.4) is 0 Å². The third-order valence-electron chi connectivity index (χ3n) is 2.21. The number of aliphatic carboxylic acids is 1. The molecule has 7 heteroatoms. The van der Waals surface area contributed by atoms with Crippen LogP contribution in [-0.2, 0) is 4.79 Å². The van der Waals surface area contributed by atoms with Crippen LogP contribution in [-0.4, -0.2) is 23.1 Å². The molecule has 98 valence electrons. The lowest BCUT2D eigenvalue weighted by molar-refractivity contribution is -0.139. The average Bonchev–Trinajstić information content (AvgIpc) is 2.31. The largest absolute Gasteiger partial charge is 0.480 e. The maximum atomic E-state index is 11.6. The van der Waals surface area contributed by atoms with E-state index < -0.39 is 18.0 Å². The number of rotatable bonds is 4. The number of carboxylic acids is 1. The Bertz CT molecular complexity index is 466. The Morgan fingerprint density at radius 1 is 1.39 bits per heavy atom. The quantitative estimate of drug-likeness (QED) is 0.798. The van der Waals surface area contributed by atoms with Crippen molar-refractivity contribution in [2.75, 3.05) is 5.32 Å². The molecule has 0 unspecified atom stereocenters. The van der Waals surface area contributed by atoms with E-state index in [2.05, 4.69) is 10.6 Å². The third-order valence-corrected chi connectivity index (χ3v) is 3.03. The predicted octanol–water partition coefficient (Wildman–Crippen LogP) is 2.98. The molecule has 3 N–H and O–H groups in total. The van der Waals surface area contributed by atoms with E-state index >= 15 is 0 Å². The van der Waals surface area contributed by atoms with Crippen molar-refractivity contribution in [3.8, 4) is 0 Å². The molecule has 0 aliphatic carbocycles. The van der Waals surface area contributed by atoms with E-state index in [4.69, 9.17) is 28.3 Å². The highest BCUT2D eigenvalue weighted by atomic mass is 35.5. The fourth-order valence-corrected chi connectivity index (χ4v) is 1.60. The minimum Gasteiger partial charge on any atom is -0.480 e. The highest BCUT2D eigenvalue weighted by Crippen LogP contribution is 2.29. The van der Waals surface area contributed by atoms with E-state index in [9.17, 15) is 9.59 Å². The summed E-state index contributed by atoms with van der Waals surface area (Å²) < 4.78 is 0. The first-order chi connectivity index (χ1) is 8.45. The third kappa shape index (κ3) is 3.78. The highest BCUT2D eigenvalue weighted by Gasteiger charge is 2.18. The number of urea groups is 1. The van der Waals surface area contributed by atoms with Crippen molar-refractivity contribution in [1.29, 1.82) is 0 Å². The molecule has 0 saturated carbocycles. The van der Waals surface area contributed by atoms with Crippen LogP contribution in [0.15, 0.2) is 18.2 Å². The summed E-state index contributed by atoms with van der Waals surface area (Å²) >= 11 is 11.7. The van der Waals surface area contributed by atoms with E-state index in [0.717, 1.165) is 0 Å². The predicted molar refractivity (Wildman–Crippen MR) is 70.3 cm³/mol. The van der Waals surface area contributed by atoms with Crippen LogP contribution in [0.2, 0.25) is 10.0 Å². The van der Waals surface area contributed by atoms with Crippen LogP contribution in [0.5, 0.6) is 0 Å². The van der Waals surface area contributed by atoms with Crippen molar-refractivity contribution in [3.63, 3.8) is 0 Å². The van der Waals surface area contributed by atoms with Gasteiger partial charge in [-0.05, 0) is 18.6 Å². The molecule has 0 spiro atoms. The van der Waals surface area contributed by atoms with Crippen molar-refractivity contribution in [1.82, 2.24) is 5.32 Å². The number of amides is 2. The summed E-state index contributed by atoms with van der Waals surface area (Å²) in [6.07, 6.45) is 0.284. The number of carbonyl (C=O) groups excluding carboxylic acids is 1. The Morgan fingerprint density at radius 2 is 2.06 bits per heavy atom. The van der Waals surface area contributed by atoms with Gasteiger partial charge in [0.15, 0.2) is 0 Å². The Labute approximate surface area is 114 Å². The van der Waals surface area contributed by atoms with Crippen LogP contribution in [0, 0.1) is 0 Å². The molecule has 2 amide bonds. The van der Waals surface area contributed by atoms with Gasteiger partial charge < -0.3 is 15.7 Å². The molecule has 0 aliphatic heterocycles. The first-order valence-electron chi connectivity index (χ1n) is 5.20. The van der Waals surface area contributed by atoms with Crippen LogP contribution < -0.4 is 10.6 Å². The molecule has 0 aliphatic rings. The van der Waals surface area contributed by atoms with Gasteiger partial charge in [0.1, 0.15) is 6.04 Å². The zero-order chi connectivity index (χ0) is 13.7. The van der Waals surface area contributed by atoms with Crippen LogP contribution >= 0.6 is 23.2 Å². The summed E-state index contributed by atoms with van der Waals surface area (Å²) in [5.41, 5.74) is 0.321. The van der Waals surface area contributed by atoms with Gasteiger partial charge in [-0.25, -0.2) is 9.59 Å². The fraction of sp³-hybridized carbons (Fsp3) is 0.273. The minimum atomic E-state index is -1.09. The Kier molecular flexibility index (Phi) is 5.25. The summed E-state index contributed by atoms with van der Waals surface area (Å²) in [7, 11) is 0. The normalized spacial score (nSPS) is 11.7. The molecule has 0 bridgehead atoms. The van der Waals surface area contributed by atoms with E-state index in [-0.39, 0.29) is 11.4 Å². The number of halogens is 2. The van der Waals surface area contributed by atoms with E-state index in [0.29, 0.717) is 10.7 Å². The van der Waals surface area contributed by atoms with Crippen molar-refractivity contribution in [2.24, 2.45) is 0 Å². The second-order valence-corrected chi connectivity index (χ2v) is 4.28. The van der Waals surface area contributed by atoms with Crippen molar-refractivity contribution in [3.05, 3.63) is 28.2 Å². The molecule has 5 nitrogen and oxygen atoms in total. The molecular formula is C11H12Cl2N2O3. The number of carboxylic acid groups (broad SMARTS) is 1. The lowest BCUT2D eigenvalue weighted by Crippen LogP contribution is -2.42. The van der Waals surface area contributed by atoms with Crippen LogP contribution in [0.4, 0.5) is 10.5 Å². The molecule has 1 rings (SSSR count). The molecule has 1 aromatic rings. The van der Waals surface area contributed by atoms with Gasteiger partial charge in [0.05, 0.1) is 15.7 Å². The van der Waals surface area contributed by atoms with Gasteiger partial charge in [-0.1, -0.05) is 36.2 Å². The summed E-state index contributed by atoms with van der Waals surface area (Å²) in [6.45, 7) is 1.66. The van der Waals surface area contributed by atoms with Gasteiger partial charge in [0, 0.05) is 0 Å². The lowest BCUT2D eigenvalue weighted by atomic mass is 10.2. The van der Waals surface area contributed by atoms with E-state index in [1.54, 1.807) is 25.1 Å². The maximum Gasteiger partial charge on any atom is 0.326 e. The van der Waals surface area contributed by atoms with Crippen molar-refractivity contribution < 1.29 is 14.7 Å². The Morgan fingerprint density at radius 3 is 2.61 bits per heavy atom.